The van der Waals surface area contributed by atoms with Gasteiger partial charge in [0.05, 0.1) is 10.5 Å². The van der Waals surface area contributed by atoms with Gasteiger partial charge in [-0.2, -0.15) is 0 Å². The Morgan fingerprint density at radius 3 is 2.46 bits per heavy atom. The molecule has 4 nitrogen and oxygen atoms in total. The summed E-state index contributed by atoms with van der Waals surface area (Å²) in [6, 6.07) is 12.6. The molecule has 1 aromatic heterocycles. The van der Waals surface area contributed by atoms with E-state index in [0.29, 0.717) is 11.4 Å². The van der Waals surface area contributed by atoms with Crippen LogP contribution in [0.25, 0.3) is 6.08 Å². The van der Waals surface area contributed by atoms with Crippen LogP contribution in [0.15, 0.2) is 69.0 Å². The van der Waals surface area contributed by atoms with Gasteiger partial charge in [0, 0.05) is 17.2 Å². The van der Waals surface area contributed by atoms with E-state index >= 15 is 0 Å². The van der Waals surface area contributed by atoms with Crippen molar-refractivity contribution in [3.8, 4) is 0 Å². The lowest BCUT2D eigenvalue weighted by molar-refractivity contribution is -0.117. The number of furan rings is 1. The van der Waals surface area contributed by atoms with Gasteiger partial charge in [-0.05, 0) is 36.4 Å². The summed E-state index contributed by atoms with van der Waals surface area (Å²) in [5.41, 5.74) is 0.852. The van der Waals surface area contributed by atoms with Crippen LogP contribution in [0.3, 0.4) is 0 Å². The lowest BCUT2D eigenvalue weighted by Crippen LogP contribution is -2.20. The van der Waals surface area contributed by atoms with Gasteiger partial charge >= 0.3 is 0 Å². The van der Waals surface area contributed by atoms with Gasteiger partial charge in [-0.25, -0.2) is 0 Å². The van der Waals surface area contributed by atoms with E-state index in [1.165, 1.54) is 12.3 Å². The second-order valence-electron chi connectivity index (χ2n) is 4.89. The number of carbonyl (C=O) groups excluding carboxylic acids is 2. The van der Waals surface area contributed by atoms with Gasteiger partial charge in [-0.3, -0.25) is 9.59 Å². The fraction of sp³-hybridized carbons (Fsp3) is 0.111. The van der Waals surface area contributed by atoms with Gasteiger partial charge in [-0.15, -0.1) is 23.5 Å². The van der Waals surface area contributed by atoms with Crippen LogP contribution in [-0.4, -0.2) is 23.2 Å². The summed E-state index contributed by atoms with van der Waals surface area (Å²) in [6.07, 6.45) is 4.49. The molecule has 0 unspecified atom stereocenters. The van der Waals surface area contributed by atoms with Gasteiger partial charge in [0.15, 0.2) is 5.78 Å². The number of allylic oxidation sites excluding steroid dienone is 1. The normalized spacial score (nSPS) is 14.1. The molecule has 1 N–H and O–H groups in total. The van der Waals surface area contributed by atoms with E-state index < -0.39 is 0 Å². The molecule has 1 amide bonds. The maximum Gasteiger partial charge on any atom is 0.261 e. The van der Waals surface area contributed by atoms with Crippen LogP contribution in [0, 0.1) is 0 Å². The lowest BCUT2D eigenvalue weighted by atomic mass is 10.1. The predicted molar refractivity (Wildman–Crippen MR) is 99.8 cm³/mol. The third kappa shape index (κ3) is 4.21. The number of anilines is 1. The van der Waals surface area contributed by atoms with Gasteiger partial charge in [0.1, 0.15) is 11.3 Å². The number of benzene rings is 1. The number of hydrogen-bond donors (Lipinski definition) is 1. The highest BCUT2D eigenvalue weighted by molar-refractivity contribution is 8.25. The van der Waals surface area contributed by atoms with Crippen molar-refractivity contribution >= 4 is 47.0 Å². The quantitative estimate of drug-likeness (QED) is 0.494. The second kappa shape index (κ2) is 8.08. The largest absolute Gasteiger partial charge is 0.465 e. The molecule has 1 aliphatic rings. The number of amides is 1. The highest BCUT2D eigenvalue weighted by Gasteiger charge is 2.25. The Kier molecular flexibility index (Phi) is 5.61. The summed E-state index contributed by atoms with van der Waals surface area (Å²) in [5, 5.41) is 2.79. The summed E-state index contributed by atoms with van der Waals surface area (Å²) in [7, 11) is 0. The molecule has 3 rings (SSSR count). The minimum absolute atomic E-state index is 0.189. The van der Waals surface area contributed by atoms with Crippen LogP contribution in [0.5, 0.6) is 0 Å². The van der Waals surface area contributed by atoms with Crippen LogP contribution in [-0.2, 0) is 9.59 Å². The molecule has 1 aliphatic heterocycles. The molecule has 2 aromatic rings. The van der Waals surface area contributed by atoms with Crippen LogP contribution in [0.4, 0.5) is 5.69 Å². The smallest absolute Gasteiger partial charge is 0.261 e. The first-order valence-electron chi connectivity index (χ1n) is 7.36. The summed E-state index contributed by atoms with van der Waals surface area (Å²) in [4.78, 5) is 25.2. The molecule has 0 aliphatic carbocycles. The molecule has 0 radical (unpaired) electrons. The van der Waals surface area contributed by atoms with E-state index in [4.69, 9.17) is 4.42 Å². The number of para-hydroxylation sites is 1. The summed E-state index contributed by atoms with van der Waals surface area (Å²) in [5.74, 6) is 1.67. The number of thioether (sulfide) groups is 2. The molecule has 122 valence electrons. The van der Waals surface area contributed by atoms with Gasteiger partial charge in [0.2, 0.25) is 0 Å². The average Bonchev–Trinajstić information content (AvgIpc) is 3.28. The van der Waals surface area contributed by atoms with Crippen molar-refractivity contribution in [1.29, 1.82) is 0 Å². The molecule has 2 heterocycles. The highest BCUT2D eigenvalue weighted by Crippen LogP contribution is 2.39. The van der Waals surface area contributed by atoms with Gasteiger partial charge in [-0.1, -0.05) is 18.2 Å². The third-order valence-corrected chi connectivity index (χ3v) is 5.92. The topological polar surface area (TPSA) is 59.3 Å². The number of rotatable bonds is 5. The molecular formula is C18H15NO3S2. The Morgan fingerprint density at radius 2 is 1.79 bits per heavy atom. The zero-order valence-corrected chi connectivity index (χ0v) is 14.4. The van der Waals surface area contributed by atoms with E-state index in [-0.39, 0.29) is 17.3 Å². The van der Waals surface area contributed by atoms with Crippen LogP contribution in [0.2, 0.25) is 0 Å². The fourth-order valence-electron chi connectivity index (χ4n) is 2.10. The Balaban J connectivity index is 1.83. The number of carbonyl (C=O) groups is 2. The number of nitrogens with one attached hydrogen (secondary N) is 1. The molecule has 24 heavy (non-hydrogen) atoms. The monoisotopic (exact) mass is 357 g/mol. The molecular weight excluding hydrogens is 342 g/mol. The maximum absolute atomic E-state index is 12.6. The second-order valence-corrected chi connectivity index (χ2v) is 7.36. The molecule has 0 saturated carbocycles. The zero-order valence-electron chi connectivity index (χ0n) is 12.7. The Morgan fingerprint density at radius 1 is 1.04 bits per heavy atom. The standard InChI is InChI=1S/C18H15NO3S2/c20-15(9-8-14-7-4-10-22-14)16(18-23-11-12-24-18)17(21)19-13-5-2-1-3-6-13/h1-10H,11-12H2,(H,19,21)/b9-8+. The van der Waals surface area contributed by atoms with E-state index in [0.717, 1.165) is 15.7 Å². The van der Waals surface area contributed by atoms with E-state index in [1.54, 1.807) is 53.9 Å². The van der Waals surface area contributed by atoms with Crippen molar-refractivity contribution in [3.63, 3.8) is 0 Å². The SMILES string of the molecule is O=C(/C=C/c1ccco1)C(C(=O)Nc1ccccc1)=C1SCCS1. The van der Waals surface area contributed by atoms with Crippen molar-refractivity contribution in [2.24, 2.45) is 0 Å². The van der Waals surface area contributed by atoms with Crippen molar-refractivity contribution in [2.75, 3.05) is 16.8 Å². The molecule has 0 atom stereocenters. The average molecular weight is 357 g/mol. The van der Waals surface area contributed by atoms with E-state index in [1.807, 2.05) is 18.2 Å². The minimum atomic E-state index is -0.382. The summed E-state index contributed by atoms with van der Waals surface area (Å²) < 4.78 is 5.95. The molecule has 1 fully saturated rings. The minimum Gasteiger partial charge on any atom is -0.465 e. The van der Waals surface area contributed by atoms with Crippen LogP contribution in [0.1, 0.15) is 5.76 Å². The maximum atomic E-state index is 12.6. The van der Waals surface area contributed by atoms with Gasteiger partial charge in [0.25, 0.3) is 5.91 Å². The van der Waals surface area contributed by atoms with Crippen LogP contribution < -0.4 is 5.32 Å². The predicted octanol–water partition coefficient (Wildman–Crippen LogP) is 4.19. The molecule has 0 spiro atoms. The third-order valence-electron chi connectivity index (χ3n) is 3.20. The lowest BCUT2D eigenvalue weighted by Gasteiger charge is -2.09. The summed E-state index contributed by atoms with van der Waals surface area (Å²) >= 11 is 3.09. The highest BCUT2D eigenvalue weighted by atomic mass is 32.2. The van der Waals surface area contributed by atoms with E-state index in [9.17, 15) is 9.59 Å². The van der Waals surface area contributed by atoms with E-state index in [2.05, 4.69) is 5.32 Å². The fourth-order valence-corrected chi connectivity index (χ4v) is 4.65. The van der Waals surface area contributed by atoms with Crippen molar-refractivity contribution in [3.05, 3.63) is 70.4 Å². The first-order chi connectivity index (χ1) is 11.7. The summed E-state index contributed by atoms with van der Waals surface area (Å²) in [6.45, 7) is 0. The van der Waals surface area contributed by atoms with Crippen LogP contribution >= 0.6 is 23.5 Å². The van der Waals surface area contributed by atoms with Crippen molar-refractivity contribution in [2.45, 2.75) is 0 Å². The first kappa shape index (κ1) is 16.7. The molecule has 1 saturated heterocycles. The van der Waals surface area contributed by atoms with Gasteiger partial charge < -0.3 is 9.73 Å². The zero-order chi connectivity index (χ0) is 16.8. The van der Waals surface area contributed by atoms with Crippen molar-refractivity contribution in [1.82, 2.24) is 0 Å². The Hall–Kier alpha value is -2.18. The molecule has 6 heteroatoms. The Labute approximate surface area is 148 Å². The number of hydrogen-bond acceptors (Lipinski definition) is 5. The van der Waals surface area contributed by atoms with Crippen molar-refractivity contribution < 1.29 is 14.0 Å². The Bertz CT molecular complexity index is 772. The molecule has 1 aromatic carbocycles. The number of ketones is 1. The first-order valence-corrected chi connectivity index (χ1v) is 9.33. The molecule has 0 bridgehead atoms.